The van der Waals surface area contributed by atoms with E-state index in [2.05, 4.69) is 9.97 Å². The van der Waals surface area contributed by atoms with Crippen LogP contribution in [0.1, 0.15) is 22.1 Å². The van der Waals surface area contributed by atoms with Crippen molar-refractivity contribution >= 4 is 22.9 Å². The molecule has 90 valence electrons. The number of hydrogen-bond donors (Lipinski definition) is 0. The fourth-order valence-electron chi connectivity index (χ4n) is 1.43. The van der Waals surface area contributed by atoms with E-state index in [0.717, 1.165) is 27.8 Å². The average molecular weight is 269 g/mol. The average Bonchev–Trinajstić information content (AvgIpc) is 2.73. The van der Waals surface area contributed by atoms with E-state index in [1.54, 1.807) is 11.3 Å². The van der Waals surface area contributed by atoms with Crippen molar-refractivity contribution in [2.75, 3.05) is 0 Å². The predicted octanol–water partition coefficient (Wildman–Crippen LogP) is 3.47. The second-order valence-electron chi connectivity index (χ2n) is 3.70. The first-order chi connectivity index (χ1) is 8.19. The van der Waals surface area contributed by atoms with Crippen LogP contribution in [-0.4, -0.2) is 9.97 Å². The molecule has 2 rings (SSSR count). The molecule has 0 aliphatic rings. The summed E-state index contributed by atoms with van der Waals surface area (Å²) in [5.41, 5.74) is 2.74. The van der Waals surface area contributed by atoms with E-state index < -0.39 is 0 Å². The molecule has 0 saturated heterocycles. The zero-order valence-corrected chi connectivity index (χ0v) is 11.3. The summed E-state index contributed by atoms with van der Waals surface area (Å²) in [6.07, 6.45) is 0. The van der Waals surface area contributed by atoms with Gasteiger partial charge in [-0.15, -0.1) is 22.9 Å². The maximum atomic E-state index is 5.83. The Balaban J connectivity index is 2.08. The number of hydrogen-bond acceptors (Lipinski definition) is 4. The standard InChI is InChI=1S/C12H13ClN2OS/c1-8-3-4-11(10(5-13)14-8)16-6-12-15-9(2)7-17-12/h3-4,7H,5-6H2,1-2H3. The van der Waals surface area contributed by atoms with E-state index in [9.17, 15) is 0 Å². The maximum absolute atomic E-state index is 5.83. The van der Waals surface area contributed by atoms with Crippen LogP contribution < -0.4 is 4.74 Å². The van der Waals surface area contributed by atoms with Crippen LogP contribution in [-0.2, 0) is 12.5 Å². The van der Waals surface area contributed by atoms with Gasteiger partial charge in [-0.05, 0) is 26.0 Å². The molecular formula is C12H13ClN2OS. The Morgan fingerprint density at radius 1 is 1.24 bits per heavy atom. The number of thiazole rings is 1. The Morgan fingerprint density at radius 2 is 2.06 bits per heavy atom. The Bertz CT molecular complexity index is 513. The van der Waals surface area contributed by atoms with Crippen LogP contribution in [0, 0.1) is 13.8 Å². The van der Waals surface area contributed by atoms with Crippen LogP contribution in [0.25, 0.3) is 0 Å². The van der Waals surface area contributed by atoms with Gasteiger partial charge in [-0.2, -0.15) is 0 Å². The summed E-state index contributed by atoms with van der Waals surface area (Å²) < 4.78 is 5.68. The number of aryl methyl sites for hydroxylation is 2. The summed E-state index contributed by atoms with van der Waals surface area (Å²) in [5, 5.41) is 2.97. The summed E-state index contributed by atoms with van der Waals surface area (Å²) in [6, 6.07) is 3.82. The highest BCUT2D eigenvalue weighted by Gasteiger charge is 2.06. The molecule has 0 fully saturated rings. The molecule has 17 heavy (non-hydrogen) atoms. The molecule has 0 aliphatic carbocycles. The molecule has 0 atom stereocenters. The summed E-state index contributed by atoms with van der Waals surface area (Å²) in [5.74, 6) is 1.09. The van der Waals surface area contributed by atoms with E-state index in [-0.39, 0.29) is 0 Å². The number of aromatic nitrogens is 2. The van der Waals surface area contributed by atoms with Crippen molar-refractivity contribution < 1.29 is 4.74 Å². The SMILES string of the molecule is Cc1csc(COc2ccc(C)nc2CCl)n1. The lowest BCUT2D eigenvalue weighted by molar-refractivity contribution is 0.301. The Morgan fingerprint density at radius 3 is 2.71 bits per heavy atom. The summed E-state index contributed by atoms with van der Waals surface area (Å²) in [6.45, 7) is 4.37. The number of nitrogens with zero attached hydrogens (tertiary/aromatic N) is 2. The normalized spacial score (nSPS) is 10.5. The van der Waals surface area contributed by atoms with Crippen molar-refractivity contribution in [3.05, 3.63) is 39.6 Å². The first-order valence-electron chi connectivity index (χ1n) is 5.25. The van der Waals surface area contributed by atoms with Gasteiger partial charge in [-0.3, -0.25) is 4.98 Å². The molecule has 0 bridgehead atoms. The highest BCUT2D eigenvalue weighted by Crippen LogP contribution is 2.20. The quantitative estimate of drug-likeness (QED) is 0.797. The molecule has 0 spiro atoms. The largest absolute Gasteiger partial charge is 0.484 e. The monoisotopic (exact) mass is 268 g/mol. The van der Waals surface area contributed by atoms with Crippen LogP contribution in [0.3, 0.4) is 0 Å². The van der Waals surface area contributed by atoms with Gasteiger partial charge in [0.05, 0.1) is 11.6 Å². The lowest BCUT2D eigenvalue weighted by Crippen LogP contribution is -2.00. The molecular weight excluding hydrogens is 256 g/mol. The summed E-state index contributed by atoms with van der Waals surface area (Å²) >= 11 is 7.43. The third-order valence-corrected chi connectivity index (χ3v) is 3.41. The van der Waals surface area contributed by atoms with Gasteiger partial charge in [0.25, 0.3) is 0 Å². The van der Waals surface area contributed by atoms with Crippen LogP contribution in [0.5, 0.6) is 5.75 Å². The zero-order chi connectivity index (χ0) is 12.3. The highest BCUT2D eigenvalue weighted by molar-refractivity contribution is 7.09. The molecule has 2 aromatic heterocycles. The molecule has 3 nitrogen and oxygen atoms in total. The molecule has 0 aliphatic heterocycles. The predicted molar refractivity (Wildman–Crippen MR) is 69.7 cm³/mol. The summed E-state index contributed by atoms with van der Waals surface area (Å²) in [4.78, 5) is 8.67. The molecule has 0 aromatic carbocycles. The van der Waals surface area contributed by atoms with E-state index >= 15 is 0 Å². The van der Waals surface area contributed by atoms with Gasteiger partial charge in [-0.1, -0.05) is 0 Å². The minimum Gasteiger partial charge on any atom is -0.484 e. The van der Waals surface area contributed by atoms with Gasteiger partial charge in [-0.25, -0.2) is 4.98 Å². The molecule has 5 heteroatoms. The molecule has 0 N–H and O–H groups in total. The van der Waals surface area contributed by atoms with Crippen molar-refractivity contribution in [2.45, 2.75) is 26.3 Å². The third kappa shape index (κ3) is 3.17. The number of ether oxygens (including phenoxy) is 1. The Hall–Kier alpha value is -1.13. The lowest BCUT2D eigenvalue weighted by atomic mass is 10.3. The van der Waals surface area contributed by atoms with Crippen molar-refractivity contribution in [1.29, 1.82) is 0 Å². The molecule has 2 aromatic rings. The van der Waals surface area contributed by atoms with Gasteiger partial charge in [0.15, 0.2) is 0 Å². The molecule has 0 unspecified atom stereocenters. The molecule has 0 radical (unpaired) electrons. The fraction of sp³-hybridized carbons (Fsp3) is 0.333. The van der Waals surface area contributed by atoms with Crippen LogP contribution in [0.4, 0.5) is 0 Å². The lowest BCUT2D eigenvalue weighted by Gasteiger charge is -2.08. The van der Waals surface area contributed by atoms with Gasteiger partial charge < -0.3 is 4.74 Å². The first-order valence-corrected chi connectivity index (χ1v) is 6.66. The second-order valence-corrected chi connectivity index (χ2v) is 4.91. The van der Waals surface area contributed by atoms with Crippen LogP contribution in [0.15, 0.2) is 17.5 Å². The number of halogens is 1. The minimum absolute atomic E-state index is 0.355. The van der Waals surface area contributed by atoms with Gasteiger partial charge in [0.1, 0.15) is 17.4 Å². The van der Waals surface area contributed by atoms with Crippen molar-refractivity contribution in [2.24, 2.45) is 0 Å². The van der Waals surface area contributed by atoms with E-state index in [1.165, 1.54) is 0 Å². The smallest absolute Gasteiger partial charge is 0.142 e. The van der Waals surface area contributed by atoms with E-state index in [0.29, 0.717) is 12.5 Å². The van der Waals surface area contributed by atoms with E-state index in [1.807, 2.05) is 31.4 Å². The Labute approximate surface area is 109 Å². The number of pyridine rings is 1. The second kappa shape index (κ2) is 5.47. The maximum Gasteiger partial charge on any atom is 0.142 e. The van der Waals surface area contributed by atoms with Gasteiger partial charge >= 0.3 is 0 Å². The van der Waals surface area contributed by atoms with Gasteiger partial charge in [0, 0.05) is 16.8 Å². The molecule has 0 amide bonds. The highest BCUT2D eigenvalue weighted by atomic mass is 35.5. The van der Waals surface area contributed by atoms with Gasteiger partial charge in [0.2, 0.25) is 0 Å². The van der Waals surface area contributed by atoms with E-state index in [4.69, 9.17) is 16.3 Å². The number of rotatable bonds is 4. The molecule has 0 saturated carbocycles. The van der Waals surface area contributed by atoms with Crippen LogP contribution >= 0.6 is 22.9 Å². The minimum atomic E-state index is 0.355. The number of alkyl halides is 1. The van der Waals surface area contributed by atoms with Crippen molar-refractivity contribution in [3.8, 4) is 5.75 Å². The first kappa shape index (κ1) is 12.3. The van der Waals surface area contributed by atoms with Crippen LogP contribution in [0.2, 0.25) is 0 Å². The summed E-state index contributed by atoms with van der Waals surface area (Å²) in [7, 11) is 0. The van der Waals surface area contributed by atoms with Crippen molar-refractivity contribution in [1.82, 2.24) is 9.97 Å². The third-order valence-electron chi connectivity index (χ3n) is 2.22. The zero-order valence-electron chi connectivity index (χ0n) is 9.74. The fourth-order valence-corrected chi connectivity index (χ4v) is 2.31. The Kier molecular flexibility index (Phi) is 3.97. The topological polar surface area (TPSA) is 35.0 Å². The van der Waals surface area contributed by atoms with Crippen molar-refractivity contribution in [3.63, 3.8) is 0 Å². The molecule has 2 heterocycles.